The van der Waals surface area contributed by atoms with Crippen molar-refractivity contribution in [2.24, 2.45) is 0 Å². The van der Waals surface area contributed by atoms with Gasteiger partial charge in [-0.25, -0.2) is 13.4 Å². The van der Waals surface area contributed by atoms with Crippen LogP contribution in [0.1, 0.15) is 30.2 Å². The van der Waals surface area contributed by atoms with Gasteiger partial charge in [-0.05, 0) is 48.2 Å². The van der Waals surface area contributed by atoms with Crippen molar-refractivity contribution in [3.8, 4) is 11.1 Å². The maximum atomic E-state index is 11.6. The van der Waals surface area contributed by atoms with Gasteiger partial charge in [-0.15, -0.1) is 0 Å². The minimum Gasteiger partial charge on any atom is -0.383 e. The van der Waals surface area contributed by atoms with Gasteiger partial charge >= 0.3 is 0 Å². The van der Waals surface area contributed by atoms with E-state index in [4.69, 9.17) is 16.2 Å². The van der Waals surface area contributed by atoms with E-state index in [1.807, 2.05) is 24.3 Å². The Labute approximate surface area is 181 Å². The third-order valence-corrected chi connectivity index (χ3v) is 6.37. The predicted molar refractivity (Wildman–Crippen MR) is 121 cm³/mol. The van der Waals surface area contributed by atoms with Gasteiger partial charge in [0.05, 0.1) is 10.6 Å². The van der Waals surface area contributed by atoms with Crippen LogP contribution in [-0.4, -0.2) is 31.2 Å². The second-order valence-electron chi connectivity index (χ2n) is 7.58. The van der Waals surface area contributed by atoms with E-state index >= 15 is 0 Å². The maximum Gasteiger partial charge on any atom is 0.222 e. The van der Waals surface area contributed by atoms with Crippen LogP contribution in [0.3, 0.4) is 0 Å². The number of nitrogens with one attached hydrogen (secondary N) is 1. The first-order valence-electron chi connectivity index (χ1n) is 9.99. The molecule has 8 nitrogen and oxygen atoms in total. The number of anilines is 3. The molecular formula is C22H25N5O3S. The van der Waals surface area contributed by atoms with Gasteiger partial charge in [0.15, 0.2) is 9.84 Å². The first kappa shape index (κ1) is 21.1. The molecular weight excluding hydrogens is 414 g/mol. The van der Waals surface area contributed by atoms with Crippen LogP contribution in [0.4, 0.5) is 17.5 Å². The van der Waals surface area contributed by atoms with Crippen LogP contribution in [0.5, 0.6) is 0 Å². The molecule has 9 heteroatoms. The average Bonchev–Trinajstić information content (AvgIpc) is 3.27. The van der Waals surface area contributed by atoms with Crippen LogP contribution >= 0.6 is 0 Å². The molecule has 2 heterocycles. The summed E-state index contributed by atoms with van der Waals surface area (Å²) in [6, 6.07) is 14.7. The molecule has 0 radical (unpaired) electrons. The van der Waals surface area contributed by atoms with E-state index in [-0.39, 0.29) is 12.1 Å². The Balaban J connectivity index is 1.51. The molecule has 1 fully saturated rings. The zero-order valence-electron chi connectivity index (χ0n) is 17.2. The van der Waals surface area contributed by atoms with Crippen LogP contribution in [0, 0.1) is 0 Å². The molecule has 0 amide bonds. The second kappa shape index (κ2) is 8.52. The van der Waals surface area contributed by atoms with Crippen molar-refractivity contribution in [3.63, 3.8) is 0 Å². The van der Waals surface area contributed by atoms with Gasteiger partial charge in [0.25, 0.3) is 0 Å². The normalized spacial score (nSPS) is 16.4. The Morgan fingerprint density at radius 1 is 1.06 bits per heavy atom. The highest BCUT2D eigenvalue weighted by molar-refractivity contribution is 7.90. The van der Waals surface area contributed by atoms with Gasteiger partial charge in [0.1, 0.15) is 11.9 Å². The average molecular weight is 440 g/mol. The fraction of sp³-hybridized carbons (Fsp3) is 0.273. The van der Waals surface area contributed by atoms with Crippen LogP contribution in [0.25, 0.3) is 11.1 Å². The van der Waals surface area contributed by atoms with Crippen molar-refractivity contribution in [1.29, 1.82) is 0 Å². The molecule has 5 N–H and O–H groups in total. The lowest BCUT2D eigenvalue weighted by atomic mass is 10.00. The Kier molecular flexibility index (Phi) is 5.79. The monoisotopic (exact) mass is 439 g/mol. The lowest BCUT2D eigenvalue weighted by Gasteiger charge is -2.17. The molecule has 0 spiro atoms. The fourth-order valence-electron chi connectivity index (χ4n) is 3.65. The summed E-state index contributed by atoms with van der Waals surface area (Å²) >= 11 is 0. The number of benzene rings is 2. The summed E-state index contributed by atoms with van der Waals surface area (Å²) in [5.41, 5.74) is 16.3. The number of nitrogens with two attached hydrogens (primary N) is 2. The number of nitrogens with zero attached hydrogens (tertiary/aromatic N) is 2. The van der Waals surface area contributed by atoms with E-state index in [2.05, 4.69) is 15.3 Å². The SMILES string of the molecule is CS(=O)(=O)c1ccc(CNc2ccc(-c3c(N)nc(N)nc3[C@@H]3CCCO3)cc2)cc1. The summed E-state index contributed by atoms with van der Waals surface area (Å²) in [5, 5.41) is 3.33. The minimum atomic E-state index is -3.19. The smallest absolute Gasteiger partial charge is 0.222 e. The second-order valence-corrected chi connectivity index (χ2v) is 9.59. The molecule has 162 valence electrons. The molecule has 1 aliphatic heterocycles. The van der Waals surface area contributed by atoms with Gasteiger partial charge in [-0.2, -0.15) is 4.98 Å². The summed E-state index contributed by atoms with van der Waals surface area (Å²) in [5.74, 6) is 0.483. The van der Waals surface area contributed by atoms with Crippen molar-refractivity contribution < 1.29 is 13.2 Å². The molecule has 0 saturated carbocycles. The van der Waals surface area contributed by atoms with E-state index in [1.54, 1.807) is 24.3 Å². The highest BCUT2D eigenvalue weighted by Crippen LogP contribution is 2.37. The molecule has 1 aliphatic rings. The third kappa shape index (κ3) is 4.78. The van der Waals surface area contributed by atoms with Crippen molar-refractivity contribution in [2.45, 2.75) is 30.4 Å². The van der Waals surface area contributed by atoms with Gasteiger partial charge in [-0.1, -0.05) is 24.3 Å². The van der Waals surface area contributed by atoms with Crippen LogP contribution in [0.15, 0.2) is 53.4 Å². The number of hydrogen-bond donors (Lipinski definition) is 3. The van der Waals surface area contributed by atoms with Gasteiger partial charge < -0.3 is 21.5 Å². The molecule has 1 saturated heterocycles. The minimum absolute atomic E-state index is 0.129. The molecule has 2 aromatic carbocycles. The van der Waals surface area contributed by atoms with Crippen molar-refractivity contribution in [3.05, 3.63) is 59.8 Å². The number of sulfone groups is 1. The molecule has 0 bridgehead atoms. The van der Waals surface area contributed by atoms with E-state index in [0.717, 1.165) is 40.9 Å². The number of aromatic nitrogens is 2. The standard InChI is InChI=1S/C22H25N5O3S/c1-31(28,29)17-10-4-14(5-11-17)13-25-16-8-6-15(7-9-16)19-20(18-3-2-12-30-18)26-22(24)27-21(19)23/h4-11,18,25H,2-3,12-13H2,1H3,(H4,23,24,26,27)/t18-/m0/s1. The summed E-state index contributed by atoms with van der Waals surface area (Å²) in [6.07, 6.45) is 2.92. The van der Waals surface area contributed by atoms with Gasteiger partial charge in [-0.3, -0.25) is 0 Å². The van der Waals surface area contributed by atoms with E-state index in [1.165, 1.54) is 6.26 Å². The first-order valence-corrected chi connectivity index (χ1v) is 11.9. The van der Waals surface area contributed by atoms with Gasteiger partial charge in [0.2, 0.25) is 5.95 Å². The fourth-order valence-corrected chi connectivity index (χ4v) is 4.28. The zero-order chi connectivity index (χ0) is 22.0. The highest BCUT2D eigenvalue weighted by atomic mass is 32.2. The topological polar surface area (TPSA) is 133 Å². The van der Waals surface area contributed by atoms with Gasteiger partial charge in [0, 0.05) is 30.7 Å². The number of ether oxygens (including phenoxy) is 1. The first-order chi connectivity index (χ1) is 14.8. The lowest BCUT2D eigenvalue weighted by molar-refractivity contribution is 0.109. The number of nitrogen functional groups attached to an aromatic ring is 2. The molecule has 1 aromatic heterocycles. The zero-order valence-corrected chi connectivity index (χ0v) is 18.0. The molecule has 4 rings (SSSR count). The third-order valence-electron chi connectivity index (χ3n) is 5.24. The largest absolute Gasteiger partial charge is 0.383 e. The Bertz CT molecular complexity index is 1170. The van der Waals surface area contributed by atoms with Crippen LogP contribution < -0.4 is 16.8 Å². The summed E-state index contributed by atoms with van der Waals surface area (Å²) in [6.45, 7) is 1.26. The molecule has 0 aliphatic carbocycles. The highest BCUT2D eigenvalue weighted by Gasteiger charge is 2.25. The van der Waals surface area contributed by atoms with Crippen molar-refractivity contribution in [2.75, 3.05) is 29.6 Å². The predicted octanol–water partition coefficient (Wildman–Crippen LogP) is 3.18. The number of hydrogen-bond acceptors (Lipinski definition) is 8. The molecule has 1 atom stereocenters. The summed E-state index contributed by atoms with van der Waals surface area (Å²) in [4.78, 5) is 8.86. The molecule has 3 aromatic rings. The maximum absolute atomic E-state index is 11.6. The molecule has 31 heavy (non-hydrogen) atoms. The Morgan fingerprint density at radius 2 is 1.77 bits per heavy atom. The summed E-state index contributed by atoms with van der Waals surface area (Å²) < 4.78 is 28.9. The summed E-state index contributed by atoms with van der Waals surface area (Å²) in [7, 11) is -3.19. The quantitative estimate of drug-likeness (QED) is 0.533. The lowest BCUT2D eigenvalue weighted by Crippen LogP contribution is -2.10. The van der Waals surface area contributed by atoms with E-state index < -0.39 is 9.84 Å². The van der Waals surface area contributed by atoms with Crippen molar-refractivity contribution in [1.82, 2.24) is 9.97 Å². The van der Waals surface area contributed by atoms with E-state index in [9.17, 15) is 8.42 Å². The molecule has 0 unspecified atom stereocenters. The Morgan fingerprint density at radius 3 is 2.39 bits per heavy atom. The Hall–Kier alpha value is -3.17. The van der Waals surface area contributed by atoms with Crippen LogP contribution in [-0.2, 0) is 21.1 Å². The number of rotatable bonds is 6. The van der Waals surface area contributed by atoms with E-state index in [0.29, 0.717) is 23.9 Å². The van der Waals surface area contributed by atoms with Crippen LogP contribution in [0.2, 0.25) is 0 Å². The van der Waals surface area contributed by atoms with Crippen molar-refractivity contribution >= 4 is 27.3 Å².